The van der Waals surface area contributed by atoms with Crippen molar-refractivity contribution in [2.45, 2.75) is 19.8 Å². The Labute approximate surface area is 136 Å². The number of anilines is 1. The molecule has 0 saturated carbocycles. The van der Waals surface area contributed by atoms with E-state index < -0.39 is 0 Å². The zero-order valence-electron chi connectivity index (χ0n) is 13.2. The maximum absolute atomic E-state index is 12.3. The minimum atomic E-state index is -0.0935. The van der Waals surface area contributed by atoms with Crippen molar-refractivity contribution in [3.8, 4) is 0 Å². The summed E-state index contributed by atoms with van der Waals surface area (Å²) in [6.45, 7) is 2.16. The lowest BCUT2D eigenvalue weighted by molar-refractivity contribution is 0.102. The smallest absolute Gasteiger partial charge is 0.255 e. The Kier molecular flexibility index (Phi) is 4.57. The van der Waals surface area contributed by atoms with Crippen LogP contribution in [0.3, 0.4) is 0 Å². The first-order valence-electron chi connectivity index (χ1n) is 7.91. The summed E-state index contributed by atoms with van der Waals surface area (Å²) in [4.78, 5) is 15.5. The largest absolute Gasteiger partial charge is 0.361 e. The van der Waals surface area contributed by atoms with Gasteiger partial charge in [0.2, 0.25) is 0 Å². The maximum atomic E-state index is 12.3. The zero-order chi connectivity index (χ0) is 16.1. The van der Waals surface area contributed by atoms with Crippen LogP contribution in [0.25, 0.3) is 17.0 Å². The van der Waals surface area contributed by atoms with Crippen molar-refractivity contribution < 1.29 is 4.79 Å². The van der Waals surface area contributed by atoms with Crippen LogP contribution < -0.4 is 5.32 Å². The molecule has 1 aromatic heterocycles. The number of hydrogen-bond donors (Lipinski definition) is 2. The molecule has 0 fully saturated rings. The van der Waals surface area contributed by atoms with Crippen LogP contribution in [0.2, 0.25) is 0 Å². The molecule has 0 aliphatic rings. The van der Waals surface area contributed by atoms with E-state index in [1.807, 2.05) is 54.7 Å². The summed E-state index contributed by atoms with van der Waals surface area (Å²) < 4.78 is 0. The van der Waals surface area contributed by atoms with Crippen LogP contribution in [0.5, 0.6) is 0 Å². The van der Waals surface area contributed by atoms with Gasteiger partial charge in [0.1, 0.15) is 0 Å². The molecule has 0 unspecified atom stereocenters. The number of aromatic nitrogens is 1. The minimum Gasteiger partial charge on any atom is -0.361 e. The first-order chi connectivity index (χ1) is 11.3. The first-order valence-corrected chi connectivity index (χ1v) is 7.91. The van der Waals surface area contributed by atoms with E-state index in [1.165, 1.54) is 0 Å². The van der Waals surface area contributed by atoms with Gasteiger partial charge in [0.15, 0.2) is 0 Å². The number of carbonyl (C=O) groups excluding carboxylic acids is 1. The lowest BCUT2D eigenvalue weighted by Crippen LogP contribution is -2.11. The molecule has 0 aliphatic carbocycles. The Bertz CT molecular complexity index is 828. The molecule has 1 amide bonds. The molecule has 0 atom stereocenters. The second-order valence-electron chi connectivity index (χ2n) is 5.55. The van der Waals surface area contributed by atoms with Gasteiger partial charge in [0.25, 0.3) is 5.91 Å². The fourth-order valence-corrected chi connectivity index (χ4v) is 2.47. The maximum Gasteiger partial charge on any atom is 0.255 e. The SMILES string of the molecule is CCC/C=C/c1ccc(C(=O)Nc2ccc3[nH]ccc3c2)cc1. The van der Waals surface area contributed by atoms with E-state index in [4.69, 9.17) is 0 Å². The molecule has 2 aromatic carbocycles. The van der Waals surface area contributed by atoms with Gasteiger partial charge >= 0.3 is 0 Å². The Balaban J connectivity index is 1.69. The van der Waals surface area contributed by atoms with Crippen LogP contribution in [0.1, 0.15) is 35.7 Å². The predicted molar refractivity (Wildman–Crippen MR) is 96.6 cm³/mol. The third-order valence-corrected chi connectivity index (χ3v) is 3.75. The number of rotatable bonds is 5. The summed E-state index contributed by atoms with van der Waals surface area (Å²) >= 11 is 0. The molecular weight excluding hydrogens is 284 g/mol. The molecule has 0 bridgehead atoms. The molecule has 1 heterocycles. The molecule has 3 aromatic rings. The van der Waals surface area contributed by atoms with Gasteiger partial charge in [-0.1, -0.05) is 37.6 Å². The summed E-state index contributed by atoms with van der Waals surface area (Å²) in [5.41, 5.74) is 3.63. The number of nitrogens with one attached hydrogen (secondary N) is 2. The van der Waals surface area contributed by atoms with E-state index >= 15 is 0 Å². The normalized spacial score (nSPS) is 11.2. The van der Waals surface area contributed by atoms with Gasteiger partial charge in [-0.05, 0) is 48.4 Å². The number of unbranched alkanes of at least 4 members (excludes halogenated alkanes) is 1. The van der Waals surface area contributed by atoms with E-state index in [-0.39, 0.29) is 5.91 Å². The third-order valence-electron chi connectivity index (χ3n) is 3.75. The molecule has 2 N–H and O–H groups in total. The molecule has 23 heavy (non-hydrogen) atoms. The van der Waals surface area contributed by atoms with Crippen LogP contribution in [-0.2, 0) is 0 Å². The summed E-state index contributed by atoms with van der Waals surface area (Å²) in [5.74, 6) is -0.0935. The molecule has 3 heteroatoms. The van der Waals surface area contributed by atoms with Crippen molar-refractivity contribution in [3.05, 3.63) is 71.9 Å². The van der Waals surface area contributed by atoms with Gasteiger partial charge in [-0.15, -0.1) is 0 Å². The van der Waals surface area contributed by atoms with Crippen molar-refractivity contribution >= 4 is 28.6 Å². The number of allylic oxidation sites excluding steroid dienone is 1. The predicted octanol–water partition coefficient (Wildman–Crippen LogP) is 5.23. The van der Waals surface area contributed by atoms with Crippen molar-refractivity contribution in [2.75, 3.05) is 5.32 Å². The molecule has 0 aliphatic heterocycles. The average molecular weight is 304 g/mol. The van der Waals surface area contributed by atoms with Crippen molar-refractivity contribution in [1.29, 1.82) is 0 Å². The second-order valence-corrected chi connectivity index (χ2v) is 5.55. The van der Waals surface area contributed by atoms with Crippen molar-refractivity contribution in [1.82, 2.24) is 4.98 Å². The van der Waals surface area contributed by atoms with Gasteiger partial charge in [0, 0.05) is 28.4 Å². The quantitative estimate of drug-likeness (QED) is 0.665. The fourth-order valence-electron chi connectivity index (χ4n) is 2.47. The van der Waals surface area contributed by atoms with E-state index in [1.54, 1.807) is 0 Å². The molecule has 0 radical (unpaired) electrons. The van der Waals surface area contributed by atoms with E-state index in [9.17, 15) is 4.79 Å². The second kappa shape index (κ2) is 6.97. The molecule has 3 nitrogen and oxygen atoms in total. The molecular formula is C20H20N2O. The highest BCUT2D eigenvalue weighted by Crippen LogP contribution is 2.18. The van der Waals surface area contributed by atoms with Crippen molar-refractivity contribution in [2.24, 2.45) is 0 Å². The van der Waals surface area contributed by atoms with Crippen molar-refractivity contribution in [3.63, 3.8) is 0 Å². The van der Waals surface area contributed by atoms with Crippen LogP contribution in [0.4, 0.5) is 5.69 Å². The summed E-state index contributed by atoms with van der Waals surface area (Å²) in [6, 6.07) is 15.5. The highest BCUT2D eigenvalue weighted by molar-refractivity contribution is 6.05. The van der Waals surface area contributed by atoms with Gasteiger partial charge in [0.05, 0.1) is 0 Å². The van der Waals surface area contributed by atoms with Crippen LogP contribution >= 0.6 is 0 Å². The monoisotopic (exact) mass is 304 g/mol. The highest BCUT2D eigenvalue weighted by atomic mass is 16.1. The molecule has 0 spiro atoms. The lowest BCUT2D eigenvalue weighted by Gasteiger charge is -2.06. The summed E-state index contributed by atoms with van der Waals surface area (Å²) in [7, 11) is 0. The van der Waals surface area contributed by atoms with Gasteiger partial charge in [-0.3, -0.25) is 4.79 Å². The number of aromatic amines is 1. The number of hydrogen-bond acceptors (Lipinski definition) is 1. The Morgan fingerprint density at radius 2 is 1.96 bits per heavy atom. The minimum absolute atomic E-state index is 0.0935. The summed E-state index contributed by atoms with van der Waals surface area (Å²) in [6.07, 6.45) is 8.35. The number of benzene rings is 2. The van der Waals surface area contributed by atoms with Gasteiger partial charge in [-0.2, -0.15) is 0 Å². The van der Waals surface area contributed by atoms with Gasteiger partial charge in [-0.25, -0.2) is 0 Å². The van der Waals surface area contributed by atoms with E-state index in [0.717, 1.165) is 35.0 Å². The van der Waals surface area contributed by atoms with Gasteiger partial charge < -0.3 is 10.3 Å². The third kappa shape index (κ3) is 3.69. The number of carbonyl (C=O) groups is 1. The number of H-pyrrole nitrogens is 1. The Morgan fingerprint density at radius 3 is 2.74 bits per heavy atom. The molecule has 0 saturated heterocycles. The number of amides is 1. The Morgan fingerprint density at radius 1 is 1.13 bits per heavy atom. The Hall–Kier alpha value is -2.81. The van der Waals surface area contributed by atoms with Crippen LogP contribution in [0, 0.1) is 0 Å². The van der Waals surface area contributed by atoms with E-state index in [0.29, 0.717) is 5.56 Å². The zero-order valence-corrected chi connectivity index (χ0v) is 13.2. The standard InChI is InChI=1S/C20H20N2O/c1-2-3-4-5-15-6-8-16(9-7-15)20(23)22-18-10-11-19-17(14-18)12-13-21-19/h4-14,21H,2-3H2,1H3,(H,22,23)/b5-4+. The van der Waals surface area contributed by atoms with Crippen LogP contribution in [-0.4, -0.2) is 10.9 Å². The average Bonchev–Trinajstić information content (AvgIpc) is 3.03. The molecule has 116 valence electrons. The molecule has 3 rings (SSSR count). The fraction of sp³-hybridized carbons (Fsp3) is 0.150. The summed E-state index contributed by atoms with van der Waals surface area (Å²) in [5, 5.41) is 4.02. The topological polar surface area (TPSA) is 44.9 Å². The number of fused-ring (bicyclic) bond motifs is 1. The first kappa shape index (κ1) is 15.1. The highest BCUT2D eigenvalue weighted by Gasteiger charge is 2.06. The van der Waals surface area contributed by atoms with E-state index in [2.05, 4.69) is 29.4 Å². The van der Waals surface area contributed by atoms with Crippen LogP contribution in [0.15, 0.2) is 60.8 Å². The lowest BCUT2D eigenvalue weighted by atomic mass is 10.1.